The Morgan fingerprint density at radius 2 is 1.91 bits per heavy atom. The second-order valence-corrected chi connectivity index (χ2v) is 8.52. The van der Waals surface area contributed by atoms with Gasteiger partial charge in [-0.15, -0.1) is 0 Å². The molecule has 32 heavy (non-hydrogen) atoms. The summed E-state index contributed by atoms with van der Waals surface area (Å²) in [5, 5.41) is 9.82. The molecule has 0 atom stereocenters. The summed E-state index contributed by atoms with van der Waals surface area (Å²) in [5.41, 5.74) is 2.18. The van der Waals surface area contributed by atoms with Crippen LogP contribution in [0.5, 0.6) is 5.75 Å². The maximum atomic E-state index is 13.7. The number of rotatable bonds is 7. The van der Waals surface area contributed by atoms with Gasteiger partial charge in [-0.2, -0.15) is 13.2 Å². The summed E-state index contributed by atoms with van der Waals surface area (Å²) >= 11 is 0. The molecule has 1 aliphatic rings. The van der Waals surface area contributed by atoms with Gasteiger partial charge in [0.1, 0.15) is 12.4 Å². The van der Waals surface area contributed by atoms with Crippen LogP contribution in [-0.4, -0.2) is 15.6 Å². The van der Waals surface area contributed by atoms with Crippen LogP contribution >= 0.6 is 0 Å². The molecule has 2 aromatic carbocycles. The number of ether oxygens (including phenoxy) is 1. The van der Waals surface area contributed by atoms with Gasteiger partial charge in [0.05, 0.1) is 17.5 Å². The minimum atomic E-state index is -4.39. The zero-order valence-corrected chi connectivity index (χ0v) is 17.9. The lowest BCUT2D eigenvalue weighted by molar-refractivity contribution is -0.139. The zero-order chi connectivity index (χ0) is 22.9. The fourth-order valence-corrected chi connectivity index (χ4v) is 4.72. The normalized spacial score (nSPS) is 14.9. The monoisotopic (exact) mass is 445 g/mol. The van der Waals surface area contributed by atoms with E-state index in [1.165, 1.54) is 6.07 Å². The SMILES string of the molecule is Cc1cc(OCc2ccc(C3CCCC3)c(C(F)(F)F)c2)cc2ccn(CCC(=O)O)c12. The molecule has 0 bridgehead atoms. The minimum Gasteiger partial charge on any atom is -0.489 e. The van der Waals surface area contributed by atoms with Crippen molar-refractivity contribution >= 4 is 16.9 Å². The van der Waals surface area contributed by atoms with E-state index in [0.29, 0.717) is 23.4 Å². The highest BCUT2D eigenvalue weighted by molar-refractivity contribution is 5.85. The highest BCUT2D eigenvalue weighted by Crippen LogP contribution is 2.42. The van der Waals surface area contributed by atoms with Crippen LogP contribution < -0.4 is 4.74 Å². The molecule has 0 radical (unpaired) electrons. The molecule has 4 rings (SSSR count). The Morgan fingerprint density at radius 3 is 2.59 bits per heavy atom. The standard InChI is InChI=1S/C25H26F3NO3/c1-16-12-20(14-19-8-10-29(24(16)19)11-9-23(30)31)32-15-17-6-7-21(18-4-2-3-5-18)22(13-17)25(26,27)28/h6-8,10,12-14,18H,2-5,9,11,15H2,1H3,(H,30,31). The number of nitrogens with zero attached hydrogens (tertiary/aromatic N) is 1. The number of carbonyl (C=O) groups is 1. The number of carboxylic acids is 1. The molecule has 1 aromatic heterocycles. The molecule has 0 spiro atoms. The first kappa shape index (κ1) is 22.2. The Hall–Kier alpha value is -2.96. The topological polar surface area (TPSA) is 51.5 Å². The Balaban J connectivity index is 1.53. The van der Waals surface area contributed by atoms with Crippen LogP contribution in [0.2, 0.25) is 0 Å². The third-order valence-corrected chi connectivity index (χ3v) is 6.21. The van der Waals surface area contributed by atoms with Crippen LogP contribution in [-0.2, 0) is 24.1 Å². The maximum absolute atomic E-state index is 13.7. The smallest absolute Gasteiger partial charge is 0.416 e. The number of carboxylic acid groups (broad SMARTS) is 1. The molecule has 1 N–H and O–H groups in total. The summed E-state index contributed by atoms with van der Waals surface area (Å²) in [7, 11) is 0. The molecule has 4 nitrogen and oxygen atoms in total. The quantitative estimate of drug-likeness (QED) is 0.441. The van der Waals surface area contributed by atoms with Crippen molar-refractivity contribution in [2.75, 3.05) is 0 Å². The molecule has 1 fully saturated rings. The molecular weight excluding hydrogens is 419 g/mol. The lowest BCUT2D eigenvalue weighted by atomic mass is 9.91. The number of hydrogen-bond donors (Lipinski definition) is 1. The van der Waals surface area contributed by atoms with E-state index in [-0.39, 0.29) is 18.9 Å². The van der Waals surface area contributed by atoms with E-state index in [1.807, 2.05) is 35.9 Å². The number of hydrogen-bond acceptors (Lipinski definition) is 2. The van der Waals surface area contributed by atoms with Crippen molar-refractivity contribution in [3.63, 3.8) is 0 Å². The molecule has 0 aliphatic heterocycles. The average Bonchev–Trinajstić information content (AvgIpc) is 3.40. The van der Waals surface area contributed by atoms with Crippen LogP contribution in [0.25, 0.3) is 10.9 Å². The van der Waals surface area contributed by atoms with E-state index in [9.17, 15) is 18.0 Å². The summed E-state index contributed by atoms with van der Waals surface area (Å²) in [6, 6.07) is 10.1. The first-order valence-electron chi connectivity index (χ1n) is 10.9. The zero-order valence-electron chi connectivity index (χ0n) is 17.9. The number of aryl methyl sites for hydroxylation is 2. The predicted molar refractivity (Wildman–Crippen MR) is 116 cm³/mol. The predicted octanol–water partition coefficient (Wildman–Crippen LogP) is 6.68. The molecule has 0 unspecified atom stereocenters. The number of aliphatic carboxylic acids is 1. The molecule has 3 aromatic rings. The van der Waals surface area contributed by atoms with Gasteiger partial charge in [-0.3, -0.25) is 4.79 Å². The number of fused-ring (bicyclic) bond motifs is 1. The fourth-order valence-electron chi connectivity index (χ4n) is 4.72. The van der Waals surface area contributed by atoms with Gasteiger partial charge in [-0.25, -0.2) is 0 Å². The second-order valence-electron chi connectivity index (χ2n) is 8.52. The van der Waals surface area contributed by atoms with Gasteiger partial charge in [0.15, 0.2) is 0 Å². The van der Waals surface area contributed by atoms with E-state index in [1.54, 1.807) is 12.1 Å². The van der Waals surface area contributed by atoms with Crippen molar-refractivity contribution in [2.24, 2.45) is 0 Å². The van der Waals surface area contributed by atoms with Crippen LogP contribution in [0.15, 0.2) is 42.6 Å². The second kappa shape index (κ2) is 8.88. The van der Waals surface area contributed by atoms with Gasteiger partial charge in [-0.1, -0.05) is 25.0 Å². The van der Waals surface area contributed by atoms with Gasteiger partial charge in [0, 0.05) is 18.1 Å². The van der Waals surface area contributed by atoms with Gasteiger partial charge >= 0.3 is 12.1 Å². The summed E-state index contributed by atoms with van der Waals surface area (Å²) in [6.45, 7) is 2.32. The Morgan fingerprint density at radius 1 is 1.16 bits per heavy atom. The summed E-state index contributed by atoms with van der Waals surface area (Å²) in [5.74, 6) is -0.308. The van der Waals surface area contributed by atoms with E-state index >= 15 is 0 Å². The molecule has 1 aliphatic carbocycles. The highest BCUT2D eigenvalue weighted by Gasteiger charge is 2.36. The van der Waals surface area contributed by atoms with Gasteiger partial charge in [0.2, 0.25) is 0 Å². The van der Waals surface area contributed by atoms with Crippen molar-refractivity contribution < 1.29 is 27.8 Å². The number of alkyl halides is 3. The van der Waals surface area contributed by atoms with Gasteiger partial charge in [0.25, 0.3) is 0 Å². The van der Waals surface area contributed by atoms with E-state index in [0.717, 1.165) is 42.1 Å². The molecule has 0 amide bonds. The Kier molecular flexibility index (Phi) is 6.17. The third-order valence-electron chi connectivity index (χ3n) is 6.21. The van der Waals surface area contributed by atoms with Gasteiger partial charge < -0.3 is 14.4 Å². The summed E-state index contributed by atoms with van der Waals surface area (Å²) in [6.07, 6.45) is 1.05. The molecule has 1 heterocycles. The van der Waals surface area contributed by atoms with Crippen molar-refractivity contribution in [2.45, 2.75) is 64.3 Å². The number of benzene rings is 2. The summed E-state index contributed by atoms with van der Waals surface area (Å²) < 4.78 is 48.9. The van der Waals surface area contributed by atoms with Gasteiger partial charge in [-0.05, 0) is 66.6 Å². The van der Waals surface area contributed by atoms with E-state index in [4.69, 9.17) is 9.84 Å². The van der Waals surface area contributed by atoms with E-state index in [2.05, 4.69) is 0 Å². The van der Waals surface area contributed by atoms with Crippen molar-refractivity contribution in [3.05, 3.63) is 64.8 Å². The molecule has 170 valence electrons. The molecular formula is C25H26F3NO3. The average molecular weight is 445 g/mol. The van der Waals surface area contributed by atoms with Crippen LogP contribution in [0.3, 0.4) is 0 Å². The maximum Gasteiger partial charge on any atom is 0.416 e. The third kappa shape index (κ3) is 4.76. The van der Waals surface area contributed by atoms with Crippen LogP contribution in [0.1, 0.15) is 60.3 Å². The molecule has 0 saturated heterocycles. The van der Waals surface area contributed by atoms with Crippen molar-refractivity contribution in [1.82, 2.24) is 4.57 Å². The molecule has 7 heteroatoms. The summed E-state index contributed by atoms with van der Waals surface area (Å²) in [4.78, 5) is 10.9. The minimum absolute atomic E-state index is 0.0168. The van der Waals surface area contributed by atoms with Crippen molar-refractivity contribution in [3.8, 4) is 5.75 Å². The number of halogens is 3. The first-order chi connectivity index (χ1) is 15.2. The Bertz CT molecular complexity index is 1130. The number of aromatic nitrogens is 1. The largest absolute Gasteiger partial charge is 0.489 e. The van der Waals surface area contributed by atoms with Crippen LogP contribution in [0, 0.1) is 6.92 Å². The van der Waals surface area contributed by atoms with Crippen molar-refractivity contribution in [1.29, 1.82) is 0 Å². The fraction of sp³-hybridized carbons (Fsp3) is 0.400. The van der Waals surface area contributed by atoms with Crippen LogP contribution in [0.4, 0.5) is 13.2 Å². The lowest BCUT2D eigenvalue weighted by Gasteiger charge is -2.19. The highest BCUT2D eigenvalue weighted by atomic mass is 19.4. The molecule has 1 saturated carbocycles. The lowest BCUT2D eigenvalue weighted by Crippen LogP contribution is -2.12. The Labute approximate surface area is 184 Å². The van der Waals surface area contributed by atoms with E-state index < -0.39 is 17.7 Å². The first-order valence-corrected chi connectivity index (χ1v) is 10.9.